The number of guanidine groups is 1. The van der Waals surface area contributed by atoms with E-state index in [2.05, 4.69) is 26.5 Å². The van der Waals surface area contributed by atoms with E-state index in [1.807, 2.05) is 19.1 Å². The molecule has 0 spiro atoms. The molecule has 1 aliphatic carbocycles. The number of aromatic nitrogens is 1. The van der Waals surface area contributed by atoms with Gasteiger partial charge in [0.1, 0.15) is 0 Å². The van der Waals surface area contributed by atoms with Gasteiger partial charge in [-0.1, -0.05) is 5.92 Å². The third kappa shape index (κ3) is 5.74. The molecule has 2 N–H and O–H groups in total. The molecule has 112 valence electrons. The Bertz CT molecular complexity index is 517. The Morgan fingerprint density at radius 1 is 1.52 bits per heavy atom. The van der Waals surface area contributed by atoms with Crippen LogP contribution in [0.4, 0.5) is 0 Å². The van der Waals surface area contributed by atoms with Crippen molar-refractivity contribution in [3.8, 4) is 18.2 Å². The van der Waals surface area contributed by atoms with Crippen molar-refractivity contribution in [2.45, 2.75) is 26.3 Å². The van der Waals surface area contributed by atoms with Crippen LogP contribution in [0.15, 0.2) is 23.3 Å². The molecule has 1 fully saturated rings. The number of hydrogen-bond donors (Lipinski definition) is 2. The molecule has 0 aliphatic heterocycles. The van der Waals surface area contributed by atoms with Gasteiger partial charge in [0.25, 0.3) is 0 Å². The summed E-state index contributed by atoms with van der Waals surface area (Å²) in [5, 5.41) is 6.21. The molecule has 1 saturated carbocycles. The van der Waals surface area contributed by atoms with Gasteiger partial charge in [-0.2, -0.15) is 0 Å². The fourth-order valence-corrected chi connectivity index (χ4v) is 1.76. The van der Waals surface area contributed by atoms with Gasteiger partial charge < -0.3 is 15.4 Å². The highest BCUT2D eigenvalue weighted by Crippen LogP contribution is 2.29. The van der Waals surface area contributed by atoms with Gasteiger partial charge in [0.15, 0.2) is 5.96 Å². The number of rotatable bonds is 7. The first-order chi connectivity index (χ1) is 10.3. The van der Waals surface area contributed by atoms with Gasteiger partial charge in [-0.3, -0.25) is 0 Å². The van der Waals surface area contributed by atoms with Gasteiger partial charge in [-0.25, -0.2) is 9.98 Å². The van der Waals surface area contributed by atoms with Crippen molar-refractivity contribution in [1.29, 1.82) is 0 Å². The van der Waals surface area contributed by atoms with Crippen LogP contribution in [0.3, 0.4) is 0 Å². The Balaban J connectivity index is 1.90. The molecule has 2 rings (SSSR count). The predicted molar refractivity (Wildman–Crippen MR) is 84.1 cm³/mol. The standard InChI is InChI=1S/C16H22N4O/c1-3-8-19-16(17-4-2)20-11-14-7-9-18-15(10-14)21-12-13-5-6-13/h1,7,9-10,13H,4-6,8,11-12H2,2H3,(H2,17,19,20). The Morgan fingerprint density at radius 2 is 2.38 bits per heavy atom. The fraction of sp³-hybridized carbons (Fsp3) is 0.500. The molecule has 0 aromatic carbocycles. The Kier molecular flexibility index (Phi) is 5.89. The molecule has 0 radical (unpaired) electrons. The van der Waals surface area contributed by atoms with Gasteiger partial charge in [0.05, 0.1) is 19.7 Å². The number of pyridine rings is 1. The third-order valence-electron chi connectivity index (χ3n) is 3.08. The molecule has 0 amide bonds. The van der Waals surface area contributed by atoms with Crippen LogP contribution in [0.2, 0.25) is 0 Å². The maximum absolute atomic E-state index is 5.67. The van der Waals surface area contributed by atoms with Crippen LogP contribution in [0.5, 0.6) is 5.88 Å². The molecule has 1 heterocycles. The summed E-state index contributed by atoms with van der Waals surface area (Å²) in [5.74, 6) is 4.65. The van der Waals surface area contributed by atoms with Gasteiger partial charge in [-0.15, -0.1) is 6.42 Å². The predicted octanol–water partition coefficient (Wildman–Crippen LogP) is 1.56. The summed E-state index contributed by atoms with van der Waals surface area (Å²) in [7, 11) is 0. The molecule has 0 atom stereocenters. The van der Waals surface area contributed by atoms with E-state index in [0.29, 0.717) is 24.9 Å². The Morgan fingerprint density at radius 3 is 3.10 bits per heavy atom. The van der Waals surface area contributed by atoms with E-state index in [4.69, 9.17) is 11.2 Å². The number of terminal acetylenes is 1. The van der Waals surface area contributed by atoms with E-state index in [0.717, 1.165) is 24.6 Å². The molecule has 0 saturated heterocycles. The summed E-state index contributed by atoms with van der Waals surface area (Å²) >= 11 is 0. The number of ether oxygens (including phenoxy) is 1. The van der Waals surface area contributed by atoms with Crippen molar-refractivity contribution >= 4 is 5.96 Å². The monoisotopic (exact) mass is 286 g/mol. The lowest BCUT2D eigenvalue weighted by atomic mass is 10.3. The van der Waals surface area contributed by atoms with E-state index >= 15 is 0 Å². The van der Waals surface area contributed by atoms with Crippen LogP contribution in [-0.2, 0) is 6.54 Å². The largest absolute Gasteiger partial charge is 0.477 e. The molecule has 5 nitrogen and oxygen atoms in total. The van der Waals surface area contributed by atoms with Crippen molar-refractivity contribution < 1.29 is 4.74 Å². The molecule has 1 aromatic rings. The van der Waals surface area contributed by atoms with E-state index in [9.17, 15) is 0 Å². The smallest absolute Gasteiger partial charge is 0.213 e. The molecule has 1 aliphatic rings. The second-order valence-electron chi connectivity index (χ2n) is 5.01. The summed E-state index contributed by atoms with van der Waals surface area (Å²) in [4.78, 5) is 8.71. The summed E-state index contributed by atoms with van der Waals surface area (Å²) in [5.41, 5.74) is 1.06. The molecule has 21 heavy (non-hydrogen) atoms. The van der Waals surface area contributed by atoms with E-state index in [1.165, 1.54) is 12.8 Å². The van der Waals surface area contributed by atoms with Gasteiger partial charge in [0.2, 0.25) is 5.88 Å². The van der Waals surface area contributed by atoms with Crippen molar-refractivity contribution in [3.05, 3.63) is 23.9 Å². The lowest BCUT2D eigenvalue weighted by molar-refractivity contribution is 0.288. The normalized spacial score (nSPS) is 14.4. The minimum Gasteiger partial charge on any atom is -0.477 e. The fourth-order valence-electron chi connectivity index (χ4n) is 1.76. The second kappa shape index (κ2) is 8.15. The minimum atomic E-state index is 0.456. The lowest BCUT2D eigenvalue weighted by Gasteiger charge is -2.09. The van der Waals surface area contributed by atoms with E-state index in [1.54, 1.807) is 6.20 Å². The zero-order valence-electron chi connectivity index (χ0n) is 12.4. The Labute approximate surface area is 126 Å². The zero-order valence-corrected chi connectivity index (χ0v) is 12.4. The summed E-state index contributed by atoms with van der Waals surface area (Å²) in [6.45, 7) is 4.60. The van der Waals surface area contributed by atoms with Gasteiger partial charge in [0, 0.05) is 18.8 Å². The highest BCUT2D eigenvalue weighted by atomic mass is 16.5. The molecule has 1 aromatic heterocycles. The quantitative estimate of drug-likeness (QED) is 0.454. The topological polar surface area (TPSA) is 58.5 Å². The van der Waals surface area contributed by atoms with Crippen LogP contribution in [0.25, 0.3) is 0 Å². The zero-order chi connectivity index (χ0) is 14.9. The van der Waals surface area contributed by atoms with Gasteiger partial charge >= 0.3 is 0 Å². The summed E-state index contributed by atoms with van der Waals surface area (Å²) < 4.78 is 5.67. The average Bonchev–Trinajstić information content (AvgIpc) is 3.33. The third-order valence-corrected chi connectivity index (χ3v) is 3.08. The molecule has 0 bridgehead atoms. The van der Waals surface area contributed by atoms with E-state index < -0.39 is 0 Å². The van der Waals surface area contributed by atoms with Gasteiger partial charge in [-0.05, 0) is 37.3 Å². The first-order valence-corrected chi connectivity index (χ1v) is 7.35. The maximum atomic E-state index is 5.67. The Hall–Kier alpha value is -2.22. The molecular formula is C16H22N4O. The summed E-state index contributed by atoms with van der Waals surface area (Å²) in [6, 6.07) is 3.88. The van der Waals surface area contributed by atoms with Crippen LogP contribution >= 0.6 is 0 Å². The number of hydrogen-bond acceptors (Lipinski definition) is 3. The number of nitrogens with zero attached hydrogens (tertiary/aromatic N) is 2. The number of nitrogens with one attached hydrogen (secondary N) is 2. The second-order valence-corrected chi connectivity index (χ2v) is 5.01. The van der Waals surface area contributed by atoms with Crippen molar-refractivity contribution in [2.24, 2.45) is 10.9 Å². The van der Waals surface area contributed by atoms with Crippen LogP contribution < -0.4 is 15.4 Å². The van der Waals surface area contributed by atoms with Crippen LogP contribution in [0.1, 0.15) is 25.3 Å². The van der Waals surface area contributed by atoms with Crippen molar-refractivity contribution in [2.75, 3.05) is 19.7 Å². The number of aliphatic imine (C=N–C) groups is 1. The van der Waals surface area contributed by atoms with Crippen LogP contribution in [-0.4, -0.2) is 30.6 Å². The minimum absolute atomic E-state index is 0.456. The molecular weight excluding hydrogens is 264 g/mol. The van der Waals surface area contributed by atoms with Crippen LogP contribution in [0, 0.1) is 18.3 Å². The average molecular weight is 286 g/mol. The highest BCUT2D eigenvalue weighted by Gasteiger charge is 2.22. The maximum Gasteiger partial charge on any atom is 0.213 e. The molecule has 0 unspecified atom stereocenters. The van der Waals surface area contributed by atoms with E-state index in [-0.39, 0.29) is 0 Å². The lowest BCUT2D eigenvalue weighted by Crippen LogP contribution is -2.37. The van der Waals surface area contributed by atoms with Crippen molar-refractivity contribution in [1.82, 2.24) is 15.6 Å². The van der Waals surface area contributed by atoms with Crippen molar-refractivity contribution in [3.63, 3.8) is 0 Å². The first kappa shape index (κ1) is 15.2. The first-order valence-electron chi connectivity index (χ1n) is 7.35. The SMILES string of the molecule is C#CCNC(=NCc1ccnc(OCC2CC2)c1)NCC. The molecule has 5 heteroatoms. The highest BCUT2D eigenvalue weighted by molar-refractivity contribution is 5.79. The summed E-state index contributed by atoms with van der Waals surface area (Å²) in [6.07, 6.45) is 9.55.